The van der Waals surface area contributed by atoms with Gasteiger partial charge in [-0.1, -0.05) is 0 Å². The lowest BCUT2D eigenvalue weighted by Crippen LogP contribution is -2.45. The Balaban J connectivity index is 1.86. The van der Waals surface area contributed by atoms with E-state index in [1.807, 2.05) is 22.6 Å². The molecule has 7 nitrogen and oxygen atoms in total. The summed E-state index contributed by atoms with van der Waals surface area (Å²) in [5, 5.41) is 0. The van der Waals surface area contributed by atoms with Crippen LogP contribution in [0.1, 0.15) is 37.9 Å². The van der Waals surface area contributed by atoms with Crippen LogP contribution in [0, 0.1) is 6.92 Å². The molecule has 8 heteroatoms. The summed E-state index contributed by atoms with van der Waals surface area (Å²) in [5.74, 6) is 1.05. The van der Waals surface area contributed by atoms with Crippen molar-refractivity contribution >= 4 is 15.9 Å². The summed E-state index contributed by atoms with van der Waals surface area (Å²) in [4.78, 5) is 18.6. The number of hydrogen-bond acceptors (Lipinski definition) is 4. The molecule has 0 saturated carbocycles. The highest BCUT2D eigenvalue weighted by Crippen LogP contribution is 2.20. The van der Waals surface area contributed by atoms with Crippen molar-refractivity contribution in [2.24, 2.45) is 0 Å². The molecule has 1 aliphatic rings. The molecule has 0 unspecified atom stereocenters. The van der Waals surface area contributed by atoms with Gasteiger partial charge in [-0.05, 0) is 32.6 Å². The first-order valence-electron chi connectivity index (χ1n) is 8.08. The van der Waals surface area contributed by atoms with Crippen molar-refractivity contribution in [1.82, 2.24) is 19.2 Å². The molecule has 1 saturated heterocycles. The summed E-state index contributed by atoms with van der Waals surface area (Å²) in [6, 6.07) is 0.134. The Morgan fingerprint density at radius 3 is 2.87 bits per heavy atom. The van der Waals surface area contributed by atoms with Crippen LogP contribution in [0.4, 0.5) is 0 Å². The lowest BCUT2D eigenvalue weighted by Gasteiger charge is -2.36. The van der Waals surface area contributed by atoms with E-state index >= 15 is 0 Å². The molecule has 0 aromatic carbocycles. The molecule has 1 fully saturated rings. The number of hydrogen-bond donors (Lipinski definition) is 1. The number of nitrogens with one attached hydrogen (secondary N) is 1. The summed E-state index contributed by atoms with van der Waals surface area (Å²) >= 11 is 0. The predicted octanol–water partition coefficient (Wildman–Crippen LogP) is 0.902. The number of nitrogens with zero attached hydrogens (tertiary/aromatic N) is 3. The largest absolute Gasteiger partial charge is 0.340 e. The summed E-state index contributed by atoms with van der Waals surface area (Å²) in [5.41, 5.74) is 0. The molecular formula is C15H26N4O3S. The number of sulfonamides is 1. The van der Waals surface area contributed by atoms with E-state index in [1.54, 1.807) is 6.20 Å². The fourth-order valence-electron chi connectivity index (χ4n) is 3.04. The molecule has 23 heavy (non-hydrogen) atoms. The van der Waals surface area contributed by atoms with Crippen molar-refractivity contribution in [2.45, 2.75) is 51.6 Å². The monoisotopic (exact) mass is 342 g/mol. The molecule has 0 radical (unpaired) electrons. The maximum absolute atomic E-state index is 12.5. The highest BCUT2D eigenvalue weighted by atomic mass is 32.2. The maximum Gasteiger partial charge on any atom is 0.224 e. The average molecular weight is 342 g/mol. The summed E-state index contributed by atoms with van der Waals surface area (Å²) in [6.07, 6.45) is 8.95. The second kappa shape index (κ2) is 7.92. The van der Waals surface area contributed by atoms with Crippen LogP contribution in [0.2, 0.25) is 0 Å². The third kappa shape index (κ3) is 5.62. The van der Waals surface area contributed by atoms with E-state index in [2.05, 4.69) is 9.71 Å². The van der Waals surface area contributed by atoms with Crippen LogP contribution in [-0.2, 0) is 21.4 Å². The molecule has 2 rings (SSSR count). The van der Waals surface area contributed by atoms with Gasteiger partial charge < -0.3 is 9.47 Å². The third-order valence-electron chi connectivity index (χ3n) is 4.28. The molecule has 0 bridgehead atoms. The zero-order valence-corrected chi connectivity index (χ0v) is 14.7. The Morgan fingerprint density at radius 1 is 1.43 bits per heavy atom. The van der Waals surface area contributed by atoms with Crippen molar-refractivity contribution in [3.63, 3.8) is 0 Å². The number of aryl methyl sites for hydroxylation is 2. The number of rotatable bonds is 7. The third-order valence-corrected chi connectivity index (χ3v) is 5.01. The lowest BCUT2D eigenvalue weighted by molar-refractivity contribution is -0.135. The van der Waals surface area contributed by atoms with Crippen molar-refractivity contribution in [1.29, 1.82) is 0 Å². The zero-order valence-electron chi connectivity index (χ0n) is 13.9. The van der Waals surface area contributed by atoms with Crippen molar-refractivity contribution in [3.05, 3.63) is 18.2 Å². The standard InChI is InChI=1S/C15H26N4O3S/c1-13-16-9-12-18(13)11-7-15(20)19-10-4-3-5-14(19)6-8-17-23(2,21)22/h9,12,14,17H,3-8,10-11H2,1-2H3/t14-/m1/s1. The van der Waals surface area contributed by atoms with Gasteiger partial charge in [0.1, 0.15) is 5.82 Å². The van der Waals surface area contributed by atoms with Crippen LogP contribution < -0.4 is 4.72 Å². The number of amides is 1. The van der Waals surface area contributed by atoms with Crippen LogP contribution in [-0.4, -0.2) is 54.2 Å². The van der Waals surface area contributed by atoms with Crippen molar-refractivity contribution in [3.8, 4) is 0 Å². The van der Waals surface area contributed by atoms with Gasteiger partial charge in [-0.25, -0.2) is 18.1 Å². The number of piperidine rings is 1. The van der Waals surface area contributed by atoms with Crippen LogP contribution in [0.5, 0.6) is 0 Å². The molecule has 130 valence electrons. The molecule has 1 aromatic rings. The van der Waals surface area contributed by atoms with E-state index in [9.17, 15) is 13.2 Å². The minimum atomic E-state index is -3.17. The normalized spacial score (nSPS) is 19.0. The van der Waals surface area contributed by atoms with Crippen LogP contribution in [0.25, 0.3) is 0 Å². The molecule has 1 aliphatic heterocycles. The highest BCUT2D eigenvalue weighted by Gasteiger charge is 2.26. The zero-order chi connectivity index (χ0) is 16.9. The summed E-state index contributed by atoms with van der Waals surface area (Å²) in [6.45, 7) is 3.71. The van der Waals surface area contributed by atoms with Gasteiger partial charge in [-0.3, -0.25) is 4.79 Å². The second-order valence-electron chi connectivity index (χ2n) is 6.11. The van der Waals surface area contributed by atoms with Crippen LogP contribution in [0.3, 0.4) is 0 Å². The van der Waals surface area contributed by atoms with Gasteiger partial charge in [-0.2, -0.15) is 0 Å². The van der Waals surface area contributed by atoms with Crippen molar-refractivity contribution in [2.75, 3.05) is 19.3 Å². The lowest BCUT2D eigenvalue weighted by atomic mass is 9.99. The first-order valence-corrected chi connectivity index (χ1v) is 9.98. The molecule has 0 aliphatic carbocycles. The van der Waals surface area contributed by atoms with Gasteiger partial charge in [0.15, 0.2) is 0 Å². The van der Waals surface area contributed by atoms with Gasteiger partial charge in [0.05, 0.1) is 6.26 Å². The molecule has 1 N–H and O–H groups in total. The first-order chi connectivity index (χ1) is 10.9. The van der Waals surface area contributed by atoms with E-state index < -0.39 is 10.0 Å². The van der Waals surface area contributed by atoms with E-state index in [1.165, 1.54) is 0 Å². The smallest absolute Gasteiger partial charge is 0.224 e. The molecular weight excluding hydrogens is 316 g/mol. The fourth-order valence-corrected chi connectivity index (χ4v) is 3.53. The van der Waals surface area contributed by atoms with E-state index in [0.717, 1.165) is 37.9 Å². The maximum atomic E-state index is 12.5. The number of likely N-dealkylation sites (tertiary alicyclic amines) is 1. The number of carbonyl (C=O) groups is 1. The summed E-state index contributed by atoms with van der Waals surface area (Å²) in [7, 11) is -3.17. The van der Waals surface area contributed by atoms with Crippen molar-refractivity contribution < 1.29 is 13.2 Å². The van der Waals surface area contributed by atoms with Gasteiger partial charge in [0.2, 0.25) is 15.9 Å². The number of carbonyl (C=O) groups excluding carboxylic acids is 1. The average Bonchev–Trinajstić information content (AvgIpc) is 2.89. The van der Waals surface area contributed by atoms with Gasteiger partial charge in [0, 0.05) is 44.5 Å². The van der Waals surface area contributed by atoms with E-state index in [4.69, 9.17) is 0 Å². The predicted molar refractivity (Wildman–Crippen MR) is 88.4 cm³/mol. The minimum Gasteiger partial charge on any atom is -0.340 e. The Kier molecular flexibility index (Phi) is 6.17. The highest BCUT2D eigenvalue weighted by molar-refractivity contribution is 7.88. The Hall–Kier alpha value is -1.41. The quantitative estimate of drug-likeness (QED) is 0.798. The molecule has 0 spiro atoms. The Morgan fingerprint density at radius 2 is 2.22 bits per heavy atom. The number of aromatic nitrogens is 2. The van der Waals surface area contributed by atoms with E-state index in [0.29, 0.717) is 25.9 Å². The Labute approximate surface area is 138 Å². The fraction of sp³-hybridized carbons (Fsp3) is 0.733. The SMILES string of the molecule is Cc1nccn1CCC(=O)N1CCCC[C@@H]1CCNS(C)(=O)=O. The van der Waals surface area contributed by atoms with Gasteiger partial charge >= 0.3 is 0 Å². The molecule has 1 aromatic heterocycles. The molecule has 1 amide bonds. The minimum absolute atomic E-state index is 0.134. The Bertz CT molecular complexity index is 626. The topological polar surface area (TPSA) is 84.3 Å². The van der Waals surface area contributed by atoms with E-state index in [-0.39, 0.29) is 11.9 Å². The number of imidazole rings is 1. The first kappa shape index (κ1) is 17.9. The van der Waals surface area contributed by atoms with Crippen LogP contribution >= 0.6 is 0 Å². The van der Waals surface area contributed by atoms with Crippen LogP contribution in [0.15, 0.2) is 12.4 Å². The summed E-state index contributed by atoms with van der Waals surface area (Å²) < 4.78 is 26.8. The molecule has 2 heterocycles. The van der Waals surface area contributed by atoms with Gasteiger partial charge in [0.25, 0.3) is 0 Å². The molecule has 1 atom stereocenters. The second-order valence-corrected chi connectivity index (χ2v) is 7.94. The van der Waals surface area contributed by atoms with Gasteiger partial charge in [-0.15, -0.1) is 0 Å².